The lowest BCUT2D eigenvalue weighted by molar-refractivity contribution is -0.384. The number of non-ortho nitro benzene ring substituents is 1. The Kier molecular flexibility index (Phi) is 5.08. The molecule has 2 aromatic carbocycles. The van der Waals surface area contributed by atoms with E-state index in [1.54, 1.807) is 6.07 Å². The monoisotopic (exact) mass is 389 g/mol. The van der Waals surface area contributed by atoms with Crippen LogP contribution in [0.1, 0.15) is 11.1 Å². The van der Waals surface area contributed by atoms with Gasteiger partial charge in [-0.25, -0.2) is 0 Å². The second kappa shape index (κ2) is 6.64. The van der Waals surface area contributed by atoms with E-state index >= 15 is 0 Å². The Balaban J connectivity index is 2.38. The maximum atomic E-state index is 10.7. The van der Waals surface area contributed by atoms with Gasteiger partial charge < -0.3 is 4.74 Å². The van der Waals surface area contributed by atoms with E-state index in [1.165, 1.54) is 12.1 Å². The van der Waals surface area contributed by atoms with E-state index in [2.05, 4.69) is 15.9 Å². The fraction of sp³-hybridized carbons (Fsp3) is 0.143. The molecule has 0 aromatic heterocycles. The van der Waals surface area contributed by atoms with E-state index < -0.39 is 4.92 Å². The molecule has 0 amide bonds. The first kappa shape index (κ1) is 16.1. The second-order valence-electron chi connectivity index (χ2n) is 4.33. The largest absolute Gasteiger partial charge is 0.454 e. The lowest BCUT2D eigenvalue weighted by Gasteiger charge is -2.12. The molecule has 2 aromatic rings. The molecule has 4 nitrogen and oxygen atoms in total. The van der Waals surface area contributed by atoms with Gasteiger partial charge in [0.25, 0.3) is 5.69 Å². The van der Waals surface area contributed by atoms with Gasteiger partial charge >= 0.3 is 0 Å². The summed E-state index contributed by atoms with van der Waals surface area (Å²) in [5.74, 6) is 0.802. The fourth-order valence-electron chi connectivity index (χ4n) is 1.77. The number of halogens is 3. The average Bonchev–Trinajstić information content (AvgIpc) is 2.43. The number of benzene rings is 2. The highest BCUT2D eigenvalue weighted by molar-refractivity contribution is 9.08. The highest BCUT2D eigenvalue weighted by Gasteiger charge is 2.17. The molecule has 21 heavy (non-hydrogen) atoms. The number of nitro benzene ring substituents is 1. The van der Waals surface area contributed by atoms with E-state index in [4.69, 9.17) is 27.9 Å². The molecular formula is C14H10BrCl2NO3. The number of rotatable bonds is 4. The van der Waals surface area contributed by atoms with Gasteiger partial charge in [-0.15, -0.1) is 0 Å². The van der Waals surface area contributed by atoms with E-state index in [0.29, 0.717) is 5.75 Å². The maximum Gasteiger partial charge on any atom is 0.272 e. The van der Waals surface area contributed by atoms with E-state index in [0.717, 1.165) is 16.5 Å². The minimum Gasteiger partial charge on any atom is -0.454 e. The molecule has 0 aliphatic heterocycles. The van der Waals surface area contributed by atoms with Crippen LogP contribution in [0.15, 0.2) is 30.3 Å². The lowest BCUT2D eigenvalue weighted by Crippen LogP contribution is -1.93. The normalized spacial score (nSPS) is 10.5. The summed E-state index contributed by atoms with van der Waals surface area (Å²) in [6, 6.07) is 8.11. The van der Waals surface area contributed by atoms with Gasteiger partial charge in [-0.1, -0.05) is 51.3 Å². The molecule has 0 fully saturated rings. The van der Waals surface area contributed by atoms with Crippen LogP contribution in [-0.2, 0) is 5.33 Å². The molecule has 2 rings (SSSR count). The third kappa shape index (κ3) is 3.67. The minimum absolute atomic E-state index is 0.0955. The number of alkyl halides is 1. The van der Waals surface area contributed by atoms with Crippen LogP contribution in [0.25, 0.3) is 0 Å². The predicted octanol–water partition coefficient (Wildman–Crippen LogP) is 5.90. The minimum atomic E-state index is -0.558. The molecule has 7 heteroatoms. The molecule has 110 valence electrons. The van der Waals surface area contributed by atoms with Crippen LogP contribution in [0.4, 0.5) is 5.69 Å². The highest BCUT2D eigenvalue weighted by atomic mass is 79.9. The molecule has 0 aliphatic carbocycles. The Labute approximate surface area is 139 Å². The summed E-state index contributed by atoms with van der Waals surface area (Å²) in [6.45, 7) is 1.90. The first-order valence-corrected chi connectivity index (χ1v) is 7.77. The maximum absolute atomic E-state index is 10.7. The standard InChI is InChI=1S/C14H10BrCl2NO3/c1-8-4-9(7-15)2-3-13(8)21-14-11(16)5-10(18(19)20)6-12(14)17/h2-6H,7H2,1H3. The van der Waals surface area contributed by atoms with Crippen molar-refractivity contribution in [1.29, 1.82) is 0 Å². The van der Waals surface area contributed by atoms with Gasteiger partial charge in [-0.2, -0.15) is 0 Å². The number of ether oxygens (including phenoxy) is 1. The Morgan fingerprint density at radius 2 is 1.86 bits per heavy atom. The fourth-order valence-corrected chi connectivity index (χ4v) is 2.67. The summed E-state index contributed by atoms with van der Waals surface area (Å²) in [5.41, 5.74) is 1.85. The number of hydrogen-bond acceptors (Lipinski definition) is 3. The van der Waals surface area contributed by atoms with E-state index in [9.17, 15) is 10.1 Å². The molecular weight excluding hydrogens is 381 g/mol. The van der Waals surface area contributed by atoms with Crippen LogP contribution < -0.4 is 4.74 Å². The molecule has 0 saturated carbocycles. The first-order chi connectivity index (χ1) is 9.92. The summed E-state index contributed by atoms with van der Waals surface area (Å²) < 4.78 is 5.70. The average molecular weight is 391 g/mol. The van der Waals surface area contributed by atoms with Crippen molar-refractivity contribution in [2.45, 2.75) is 12.3 Å². The molecule has 0 unspecified atom stereocenters. The Bertz CT molecular complexity index is 684. The van der Waals surface area contributed by atoms with Crippen molar-refractivity contribution in [2.75, 3.05) is 0 Å². The highest BCUT2D eigenvalue weighted by Crippen LogP contribution is 2.40. The molecule has 0 aliphatic rings. The number of aryl methyl sites for hydroxylation is 1. The molecule has 0 bridgehead atoms. The molecule has 0 heterocycles. The van der Waals surface area contributed by atoms with E-state index in [1.807, 2.05) is 19.1 Å². The van der Waals surface area contributed by atoms with Crippen LogP contribution in [0.3, 0.4) is 0 Å². The summed E-state index contributed by atoms with van der Waals surface area (Å²) in [5, 5.41) is 11.7. The summed E-state index contributed by atoms with van der Waals surface area (Å²) in [6.07, 6.45) is 0. The second-order valence-corrected chi connectivity index (χ2v) is 5.71. The summed E-state index contributed by atoms with van der Waals surface area (Å²) in [4.78, 5) is 10.2. The third-order valence-electron chi connectivity index (χ3n) is 2.80. The van der Waals surface area contributed by atoms with Gasteiger partial charge in [0.2, 0.25) is 0 Å². The quantitative estimate of drug-likeness (QED) is 0.371. The molecule has 0 atom stereocenters. The Morgan fingerprint density at radius 3 is 2.33 bits per heavy atom. The van der Waals surface area contributed by atoms with Gasteiger partial charge in [0.05, 0.1) is 15.0 Å². The SMILES string of the molecule is Cc1cc(CBr)ccc1Oc1c(Cl)cc([N+](=O)[O-])cc1Cl. The van der Waals surface area contributed by atoms with Crippen molar-refractivity contribution >= 4 is 44.8 Å². The van der Waals surface area contributed by atoms with Crippen LogP contribution in [-0.4, -0.2) is 4.92 Å². The van der Waals surface area contributed by atoms with Crippen LogP contribution in [0, 0.1) is 17.0 Å². The van der Waals surface area contributed by atoms with Crippen molar-refractivity contribution in [3.8, 4) is 11.5 Å². The van der Waals surface area contributed by atoms with E-state index in [-0.39, 0.29) is 21.5 Å². The summed E-state index contributed by atoms with van der Waals surface area (Å²) >= 11 is 15.4. The molecule has 0 radical (unpaired) electrons. The van der Waals surface area contributed by atoms with Crippen LogP contribution in [0.5, 0.6) is 11.5 Å². The van der Waals surface area contributed by atoms with Gasteiger partial charge in [0, 0.05) is 17.5 Å². The zero-order valence-corrected chi connectivity index (χ0v) is 14.0. The van der Waals surface area contributed by atoms with Crippen molar-refractivity contribution in [2.24, 2.45) is 0 Å². The van der Waals surface area contributed by atoms with Gasteiger partial charge in [0.15, 0.2) is 5.75 Å². The molecule has 0 N–H and O–H groups in total. The molecule has 0 saturated heterocycles. The number of nitrogens with zero attached hydrogens (tertiary/aromatic N) is 1. The first-order valence-electron chi connectivity index (χ1n) is 5.89. The van der Waals surface area contributed by atoms with Crippen molar-refractivity contribution in [3.05, 3.63) is 61.6 Å². The smallest absolute Gasteiger partial charge is 0.272 e. The van der Waals surface area contributed by atoms with Crippen molar-refractivity contribution < 1.29 is 9.66 Å². The van der Waals surface area contributed by atoms with Gasteiger partial charge in [0.1, 0.15) is 5.75 Å². The predicted molar refractivity (Wildman–Crippen MR) is 87.0 cm³/mol. The van der Waals surface area contributed by atoms with Crippen LogP contribution in [0.2, 0.25) is 10.0 Å². The van der Waals surface area contributed by atoms with Gasteiger partial charge in [-0.05, 0) is 24.1 Å². The zero-order chi connectivity index (χ0) is 15.6. The Hall–Kier alpha value is -1.30. The van der Waals surface area contributed by atoms with Crippen molar-refractivity contribution in [3.63, 3.8) is 0 Å². The third-order valence-corrected chi connectivity index (χ3v) is 4.01. The van der Waals surface area contributed by atoms with Crippen molar-refractivity contribution in [1.82, 2.24) is 0 Å². The Morgan fingerprint density at radius 1 is 1.24 bits per heavy atom. The summed E-state index contributed by atoms with van der Waals surface area (Å²) in [7, 11) is 0. The number of hydrogen-bond donors (Lipinski definition) is 0. The van der Waals surface area contributed by atoms with Crippen LogP contribution >= 0.6 is 39.1 Å². The van der Waals surface area contributed by atoms with Gasteiger partial charge in [-0.3, -0.25) is 10.1 Å². The zero-order valence-electron chi connectivity index (χ0n) is 10.9. The lowest BCUT2D eigenvalue weighted by atomic mass is 10.1. The number of nitro groups is 1. The topological polar surface area (TPSA) is 52.4 Å². The molecule has 0 spiro atoms.